The van der Waals surface area contributed by atoms with Gasteiger partial charge in [0.1, 0.15) is 54.6 Å². The van der Waals surface area contributed by atoms with Gasteiger partial charge in [-0.2, -0.15) is 0 Å². The lowest BCUT2D eigenvalue weighted by molar-refractivity contribution is -0.344. The van der Waals surface area contributed by atoms with E-state index in [1.165, 1.54) is 21.0 Å². The minimum atomic E-state index is -1.53. The lowest BCUT2D eigenvalue weighted by atomic mass is 9.82. The zero-order valence-corrected chi connectivity index (χ0v) is 44.3. The van der Waals surface area contributed by atoms with Crippen LogP contribution in [0.2, 0.25) is 0 Å². The van der Waals surface area contributed by atoms with Crippen LogP contribution in [0.5, 0.6) is 0 Å². The van der Waals surface area contributed by atoms with E-state index < -0.39 is 146 Å². The highest BCUT2D eigenvalue weighted by atomic mass is 16.7. The van der Waals surface area contributed by atoms with Crippen molar-refractivity contribution >= 4 is 36.3 Å². The molecule has 3 saturated heterocycles. The van der Waals surface area contributed by atoms with Gasteiger partial charge in [0.05, 0.1) is 36.8 Å². The Labute approximate surface area is 429 Å². The number of amides is 1. The Morgan fingerprint density at radius 3 is 2.19 bits per heavy atom. The fourth-order valence-electron chi connectivity index (χ4n) is 10.5. The van der Waals surface area contributed by atoms with Crippen LogP contribution in [-0.2, 0) is 77.8 Å². The fourth-order valence-corrected chi connectivity index (χ4v) is 10.5. The molecule has 1 aromatic rings. The number of rotatable bonds is 17. The molecule has 0 saturated carbocycles. The first-order chi connectivity index (χ1) is 34.6. The zero-order chi connectivity index (χ0) is 53.7. The highest BCUT2D eigenvalue weighted by Gasteiger charge is 2.53. The minimum Gasteiger partial charge on any atom is -0.462 e. The molecule has 5 rings (SSSR count). The van der Waals surface area contributed by atoms with Gasteiger partial charge in [-0.05, 0) is 84.5 Å². The molecule has 410 valence electrons. The van der Waals surface area contributed by atoms with E-state index in [2.05, 4.69) is 0 Å². The molecule has 20 nitrogen and oxygen atoms in total. The second-order valence-corrected chi connectivity index (χ2v) is 20.3. The van der Waals surface area contributed by atoms with Crippen molar-refractivity contribution in [1.82, 2.24) is 9.80 Å². The van der Waals surface area contributed by atoms with Crippen molar-refractivity contribution in [3.8, 4) is 0 Å². The molecule has 2 N–H and O–H groups in total. The van der Waals surface area contributed by atoms with Crippen LogP contribution in [0.15, 0.2) is 42.5 Å². The first-order valence-corrected chi connectivity index (χ1v) is 25.7. The Morgan fingerprint density at radius 2 is 1.58 bits per heavy atom. The Kier molecular flexibility index (Phi) is 22.2. The summed E-state index contributed by atoms with van der Waals surface area (Å²) in [6.45, 7) is 13.3. The largest absolute Gasteiger partial charge is 0.462 e. The molecule has 20 heteroatoms. The number of aryl methyl sites for hydroxylation is 1. The molecule has 0 aliphatic carbocycles. The van der Waals surface area contributed by atoms with E-state index in [0.717, 1.165) is 5.56 Å². The highest BCUT2D eigenvalue weighted by molar-refractivity contribution is 5.73. The minimum absolute atomic E-state index is 0.0667. The van der Waals surface area contributed by atoms with Gasteiger partial charge in [-0.3, -0.25) is 24.1 Å². The molecule has 1 amide bonds. The number of aliphatic hydroxyl groups excluding tert-OH is 1. The van der Waals surface area contributed by atoms with Crippen LogP contribution in [0.1, 0.15) is 112 Å². The van der Waals surface area contributed by atoms with Crippen LogP contribution in [0.4, 0.5) is 4.79 Å². The Balaban J connectivity index is 1.51. The molecule has 0 unspecified atom stereocenters. The third-order valence-electron chi connectivity index (χ3n) is 14.1. The standard InChI is InChI=1S/C53H80N2O18/c1-12-41(58)69-40-28-43(60)65-31(4)27-39-37(55(52(62)70-39)24-17-20-35-18-15-14-16-19-35)21-22-38(68-34(7)57)30(3)26-36(23-25-56)48(49(40)64-11)73-51-46(61)45(54(9)10)47(32(5)67-51)72-44-29-53(8,63)50(33(6)66-44)71-42(59)13-2/h14-16,18-19,21-22,25,30-33,36-40,44-51,61,63H,12-13,17,20,23-24,26-29H2,1-11H3/b22-21+/t30-,31-,32-,33+,36+,37-,38+,39+,40-,44+,45-,46-,47-,48+,49+,50+,51+,53-/m1/s1. The van der Waals surface area contributed by atoms with E-state index in [-0.39, 0.29) is 38.5 Å². The molecule has 4 aliphatic rings. The van der Waals surface area contributed by atoms with Crippen molar-refractivity contribution < 1.29 is 86.3 Å². The number of aldehydes is 1. The van der Waals surface area contributed by atoms with Gasteiger partial charge in [0, 0.05) is 52.7 Å². The monoisotopic (exact) mass is 1030 g/mol. The molecular formula is C53H80N2O18. The van der Waals surface area contributed by atoms with Gasteiger partial charge in [0.15, 0.2) is 18.7 Å². The molecular weight excluding hydrogens is 953 g/mol. The third-order valence-corrected chi connectivity index (χ3v) is 14.1. The molecule has 4 aliphatic heterocycles. The summed E-state index contributed by atoms with van der Waals surface area (Å²) in [4.78, 5) is 81.9. The number of cyclic esters (lactones) is 1. The summed E-state index contributed by atoms with van der Waals surface area (Å²) in [5.74, 6) is -3.88. The van der Waals surface area contributed by atoms with E-state index in [4.69, 9.17) is 47.4 Å². The summed E-state index contributed by atoms with van der Waals surface area (Å²) < 4.78 is 61.4. The summed E-state index contributed by atoms with van der Waals surface area (Å²) in [5.41, 5.74) is -0.427. The molecule has 1 aromatic carbocycles. The molecule has 0 radical (unpaired) electrons. The predicted octanol–water partition coefficient (Wildman–Crippen LogP) is 4.60. The first kappa shape index (κ1) is 59.3. The third kappa shape index (κ3) is 16.0. The number of aliphatic hydroxyl groups is 2. The van der Waals surface area contributed by atoms with Crippen molar-refractivity contribution in [3.63, 3.8) is 0 Å². The number of nitrogens with zero attached hydrogens (tertiary/aromatic N) is 2. The second-order valence-electron chi connectivity index (χ2n) is 20.3. The number of likely N-dealkylation sites (N-methyl/N-ethyl adjacent to an activating group) is 1. The van der Waals surface area contributed by atoms with E-state index in [9.17, 15) is 39.0 Å². The van der Waals surface area contributed by atoms with Crippen LogP contribution in [0.3, 0.4) is 0 Å². The van der Waals surface area contributed by atoms with Gasteiger partial charge >= 0.3 is 30.0 Å². The van der Waals surface area contributed by atoms with E-state index >= 15 is 0 Å². The van der Waals surface area contributed by atoms with Crippen molar-refractivity contribution in [2.45, 2.75) is 211 Å². The summed E-state index contributed by atoms with van der Waals surface area (Å²) in [6, 6.07) is 8.37. The molecule has 0 aromatic heterocycles. The molecule has 18 atom stereocenters. The number of hydrogen-bond acceptors (Lipinski definition) is 19. The Bertz CT molecular complexity index is 2000. The first-order valence-electron chi connectivity index (χ1n) is 25.7. The van der Waals surface area contributed by atoms with E-state index in [1.54, 1.807) is 70.7 Å². The number of methoxy groups -OCH3 is 1. The average molecular weight is 1030 g/mol. The van der Waals surface area contributed by atoms with E-state index in [0.29, 0.717) is 25.7 Å². The SMILES string of the molecule is CCC(=O)O[C@@H]1CC(=O)O[C@H](C)C[C@@H]2OC(=O)N(CCCc3ccccc3)[C@@H]2/C=C/[C@H](OC(C)=O)[C@H](C)C[C@H](CC=O)[C@H](O[C@@H]2O[C@H](C)[C@@H](O[C@H]3C[C@@](C)(O)[C@@H](OC(=O)CC)[C@H](C)O3)[C@H](N(C)C)[C@H]2O)[C@H]1OC. The molecule has 4 heterocycles. The van der Waals surface area contributed by atoms with E-state index in [1.807, 2.05) is 37.3 Å². The number of carbonyl (C=O) groups is 6. The summed E-state index contributed by atoms with van der Waals surface area (Å²) >= 11 is 0. The van der Waals surface area contributed by atoms with Crippen LogP contribution >= 0.6 is 0 Å². The lowest BCUT2D eigenvalue weighted by Crippen LogP contribution is -2.66. The number of ether oxygens (including phenoxy) is 10. The quantitative estimate of drug-likeness (QED) is 0.0937. The number of benzene rings is 1. The maximum atomic E-state index is 14.0. The van der Waals surface area contributed by atoms with Crippen LogP contribution in [0.25, 0.3) is 0 Å². The Morgan fingerprint density at radius 1 is 0.890 bits per heavy atom. The molecule has 0 spiro atoms. The highest BCUT2D eigenvalue weighted by Crippen LogP contribution is 2.38. The normalized spacial score (nSPS) is 37.1. The molecule has 0 bridgehead atoms. The van der Waals surface area contributed by atoms with Gasteiger partial charge < -0.3 is 67.3 Å². The van der Waals surface area contributed by atoms with Crippen LogP contribution < -0.4 is 0 Å². The van der Waals surface area contributed by atoms with Crippen molar-refractivity contribution in [1.29, 1.82) is 0 Å². The van der Waals surface area contributed by atoms with Gasteiger partial charge in [-0.15, -0.1) is 0 Å². The number of hydrogen-bond donors (Lipinski definition) is 2. The van der Waals surface area contributed by atoms with Crippen LogP contribution in [-0.4, -0.2) is 181 Å². The van der Waals surface area contributed by atoms with Crippen molar-refractivity contribution in [3.05, 3.63) is 48.0 Å². The maximum Gasteiger partial charge on any atom is 0.410 e. The van der Waals surface area contributed by atoms with Gasteiger partial charge in [-0.25, -0.2) is 4.79 Å². The zero-order valence-electron chi connectivity index (χ0n) is 44.3. The predicted molar refractivity (Wildman–Crippen MR) is 261 cm³/mol. The molecule has 73 heavy (non-hydrogen) atoms. The van der Waals surface area contributed by atoms with Gasteiger partial charge in [0.25, 0.3) is 0 Å². The summed E-state index contributed by atoms with van der Waals surface area (Å²) in [5, 5.41) is 23.8. The number of esters is 4. The number of fused-ring (bicyclic) bond motifs is 1. The van der Waals surface area contributed by atoms with Gasteiger partial charge in [0.2, 0.25) is 0 Å². The average Bonchev–Trinajstić information content (AvgIpc) is 3.61. The van der Waals surface area contributed by atoms with Gasteiger partial charge in [-0.1, -0.05) is 57.2 Å². The number of carbonyl (C=O) groups excluding carboxylic acids is 6. The smallest absolute Gasteiger partial charge is 0.410 e. The summed E-state index contributed by atoms with van der Waals surface area (Å²) in [7, 11) is 4.81. The Hall–Kier alpha value is -4.54. The second kappa shape index (κ2) is 27.3. The maximum absolute atomic E-state index is 14.0. The fraction of sp³-hybridized carbons (Fsp3) is 0.736. The topological polar surface area (TPSA) is 242 Å². The van der Waals surface area contributed by atoms with Crippen molar-refractivity contribution in [2.24, 2.45) is 11.8 Å². The summed E-state index contributed by atoms with van der Waals surface area (Å²) in [6.07, 6.45) is -9.32. The van der Waals surface area contributed by atoms with Crippen molar-refractivity contribution in [2.75, 3.05) is 27.7 Å². The van der Waals surface area contributed by atoms with Crippen LogP contribution in [0, 0.1) is 11.8 Å². The molecule has 3 fully saturated rings. The lowest BCUT2D eigenvalue weighted by Gasteiger charge is -2.50.